The minimum Gasteiger partial charge on any atom is -0.378 e. The molecule has 2 N–H and O–H groups in total. The molecule has 0 radical (unpaired) electrons. The van der Waals surface area contributed by atoms with Crippen molar-refractivity contribution in [3.63, 3.8) is 0 Å². The third-order valence-corrected chi connectivity index (χ3v) is 2.07. The van der Waals surface area contributed by atoms with Crippen molar-refractivity contribution in [3.05, 3.63) is 29.8 Å². The lowest BCUT2D eigenvalue weighted by molar-refractivity contribution is 0.116. The summed E-state index contributed by atoms with van der Waals surface area (Å²) in [5, 5.41) is 0. The zero-order valence-corrected chi connectivity index (χ0v) is 8.24. The van der Waals surface area contributed by atoms with Crippen LogP contribution < -0.4 is 10.6 Å². The van der Waals surface area contributed by atoms with Gasteiger partial charge in [0.05, 0.1) is 6.04 Å². The Labute approximate surface area is 82.3 Å². The van der Waals surface area contributed by atoms with Gasteiger partial charge >= 0.3 is 0 Å². The fourth-order valence-electron chi connectivity index (χ4n) is 1.14. The highest BCUT2D eigenvalue weighted by molar-refractivity contribution is 5.46. The molecule has 1 atom stereocenters. The van der Waals surface area contributed by atoms with Crippen molar-refractivity contribution in [1.29, 1.82) is 0 Å². The Morgan fingerprint density at radius 3 is 2.00 bits per heavy atom. The average molecular weight is 200 g/mol. The van der Waals surface area contributed by atoms with Crippen molar-refractivity contribution in [2.24, 2.45) is 5.73 Å². The molecule has 0 saturated heterocycles. The third-order valence-electron chi connectivity index (χ3n) is 2.07. The van der Waals surface area contributed by atoms with Gasteiger partial charge in [0.15, 0.2) is 0 Å². The van der Waals surface area contributed by atoms with E-state index in [9.17, 15) is 8.78 Å². The van der Waals surface area contributed by atoms with Crippen LogP contribution in [0.15, 0.2) is 24.3 Å². The van der Waals surface area contributed by atoms with Gasteiger partial charge in [-0.25, -0.2) is 8.78 Å². The maximum Gasteiger partial charge on any atom is 0.257 e. The second-order valence-electron chi connectivity index (χ2n) is 3.35. The molecule has 78 valence electrons. The Hall–Kier alpha value is -1.16. The molecule has 0 spiro atoms. The van der Waals surface area contributed by atoms with Crippen LogP contribution in [0.25, 0.3) is 0 Å². The molecule has 0 saturated carbocycles. The van der Waals surface area contributed by atoms with Crippen molar-refractivity contribution in [2.45, 2.75) is 12.5 Å². The van der Waals surface area contributed by atoms with Crippen LogP contribution in [0, 0.1) is 0 Å². The maximum absolute atomic E-state index is 12.2. The molecule has 0 heterocycles. The van der Waals surface area contributed by atoms with E-state index in [0.29, 0.717) is 5.56 Å². The van der Waals surface area contributed by atoms with Crippen LogP contribution in [0.3, 0.4) is 0 Å². The molecule has 0 unspecified atom stereocenters. The van der Waals surface area contributed by atoms with Crippen molar-refractivity contribution in [2.75, 3.05) is 19.0 Å². The topological polar surface area (TPSA) is 29.3 Å². The monoisotopic (exact) mass is 200 g/mol. The number of rotatable bonds is 3. The summed E-state index contributed by atoms with van der Waals surface area (Å²) in [5.74, 6) is 0. The van der Waals surface area contributed by atoms with Gasteiger partial charge in [-0.05, 0) is 17.7 Å². The van der Waals surface area contributed by atoms with Crippen LogP contribution >= 0.6 is 0 Å². The molecule has 0 aromatic heterocycles. The first-order chi connectivity index (χ1) is 6.52. The van der Waals surface area contributed by atoms with Gasteiger partial charge < -0.3 is 10.6 Å². The van der Waals surface area contributed by atoms with Crippen molar-refractivity contribution in [1.82, 2.24) is 0 Å². The molecule has 14 heavy (non-hydrogen) atoms. The van der Waals surface area contributed by atoms with E-state index < -0.39 is 12.5 Å². The molecule has 0 fully saturated rings. The van der Waals surface area contributed by atoms with Gasteiger partial charge in [-0.15, -0.1) is 0 Å². The minimum absolute atomic E-state index is 0.464. The number of hydrogen-bond acceptors (Lipinski definition) is 2. The first kappa shape index (κ1) is 10.9. The fourth-order valence-corrected chi connectivity index (χ4v) is 1.14. The van der Waals surface area contributed by atoms with Crippen LogP contribution in [0.5, 0.6) is 0 Å². The molecule has 4 heteroatoms. The molecule has 0 aliphatic carbocycles. The van der Waals surface area contributed by atoms with E-state index in [1.165, 1.54) is 0 Å². The van der Waals surface area contributed by atoms with Gasteiger partial charge in [0, 0.05) is 19.8 Å². The summed E-state index contributed by atoms with van der Waals surface area (Å²) in [5.41, 5.74) is 6.73. The van der Waals surface area contributed by atoms with E-state index in [4.69, 9.17) is 5.73 Å². The number of nitrogens with two attached hydrogens (primary N) is 1. The molecular weight excluding hydrogens is 186 g/mol. The molecule has 0 aliphatic heterocycles. The fraction of sp³-hybridized carbons (Fsp3) is 0.400. The average Bonchev–Trinajstić information content (AvgIpc) is 2.16. The molecule has 0 amide bonds. The molecular formula is C10H14F2N2. The SMILES string of the molecule is CN(C)c1ccc([C@H](N)C(F)F)cc1. The van der Waals surface area contributed by atoms with E-state index in [-0.39, 0.29) is 0 Å². The van der Waals surface area contributed by atoms with E-state index in [0.717, 1.165) is 5.69 Å². The summed E-state index contributed by atoms with van der Waals surface area (Å²) in [6.45, 7) is 0. The van der Waals surface area contributed by atoms with Crippen LogP contribution in [-0.4, -0.2) is 20.5 Å². The number of halogens is 2. The molecule has 1 rings (SSSR count). The smallest absolute Gasteiger partial charge is 0.257 e. The Morgan fingerprint density at radius 2 is 1.64 bits per heavy atom. The summed E-state index contributed by atoms with van der Waals surface area (Å²) in [6, 6.07) is 5.62. The van der Waals surface area contributed by atoms with Crippen molar-refractivity contribution in [3.8, 4) is 0 Å². The van der Waals surface area contributed by atoms with Crippen LogP contribution in [0.1, 0.15) is 11.6 Å². The quantitative estimate of drug-likeness (QED) is 0.808. The molecule has 2 nitrogen and oxygen atoms in total. The van der Waals surface area contributed by atoms with E-state index in [1.807, 2.05) is 19.0 Å². The number of hydrogen-bond donors (Lipinski definition) is 1. The van der Waals surface area contributed by atoms with Gasteiger partial charge in [0.25, 0.3) is 6.43 Å². The predicted molar refractivity (Wildman–Crippen MR) is 53.7 cm³/mol. The maximum atomic E-state index is 12.2. The third kappa shape index (κ3) is 2.42. The molecule has 1 aromatic carbocycles. The number of benzene rings is 1. The molecule has 1 aromatic rings. The Kier molecular flexibility index (Phi) is 3.41. The normalized spacial score (nSPS) is 13.0. The summed E-state index contributed by atoms with van der Waals surface area (Å²) >= 11 is 0. The second kappa shape index (κ2) is 4.37. The number of anilines is 1. The Balaban J connectivity index is 2.83. The first-order valence-corrected chi connectivity index (χ1v) is 4.33. The minimum atomic E-state index is -2.51. The summed E-state index contributed by atoms with van der Waals surface area (Å²) in [4.78, 5) is 1.90. The Morgan fingerprint density at radius 1 is 1.14 bits per heavy atom. The summed E-state index contributed by atoms with van der Waals surface area (Å²) in [7, 11) is 3.78. The van der Waals surface area contributed by atoms with E-state index in [1.54, 1.807) is 24.3 Å². The van der Waals surface area contributed by atoms with Gasteiger partial charge in [0.1, 0.15) is 0 Å². The largest absolute Gasteiger partial charge is 0.378 e. The highest BCUT2D eigenvalue weighted by Gasteiger charge is 2.16. The number of alkyl halides is 2. The lowest BCUT2D eigenvalue weighted by atomic mass is 10.1. The number of nitrogens with zero attached hydrogens (tertiary/aromatic N) is 1. The van der Waals surface area contributed by atoms with Crippen molar-refractivity contribution < 1.29 is 8.78 Å². The van der Waals surface area contributed by atoms with Crippen molar-refractivity contribution >= 4 is 5.69 Å². The van der Waals surface area contributed by atoms with Crippen LogP contribution in [0.4, 0.5) is 14.5 Å². The Bertz CT molecular complexity index is 283. The summed E-state index contributed by atoms with van der Waals surface area (Å²) < 4.78 is 24.5. The van der Waals surface area contributed by atoms with Gasteiger partial charge in [-0.3, -0.25) is 0 Å². The van der Waals surface area contributed by atoms with E-state index in [2.05, 4.69) is 0 Å². The molecule has 0 aliphatic rings. The highest BCUT2D eigenvalue weighted by Crippen LogP contribution is 2.20. The van der Waals surface area contributed by atoms with Gasteiger partial charge in [-0.1, -0.05) is 12.1 Å². The summed E-state index contributed by atoms with van der Waals surface area (Å²) in [6.07, 6.45) is -2.51. The standard InChI is InChI=1S/C10H14F2N2/c1-14(2)8-5-3-7(4-6-8)9(13)10(11)12/h3-6,9-10H,13H2,1-2H3/t9-/m0/s1. The first-order valence-electron chi connectivity index (χ1n) is 4.33. The van der Waals surface area contributed by atoms with Gasteiger partial charge in [0.2, 0.25) is 0 Å². The zero-order valence-electron chi connectivity index (χ0n) is 8.24. The van der Waals surface area contributed by atoms with Crippen LogP contribution in [-0.2, 0) is 0 Å². The molecule has 0 bridgehead atoms. The lowest BCUT2D eigenvalue weighted by Gasteiger charge is -2.15. The van der Waals surface area contributed by atoms with Gasteiger partial charge in [-0.2, -0.15) is 0 Å². The predicted octanol–water partition coefficient (Wildman–Crippen LogP) is 2.02. The van der Waals surface area contributed by atoms with Crippen LogP contribution in [0.2, 0.25) is 0 Å². The lowest BCUT2D eigenvalue weighted by Crippen LogP contribution is -2.19. The van der Waals surface area contributed by atoms with E-state index >= 15 is 0 Å². The second-order valence-corrected chi connectivity index (χ2v) is 3.35. The highest BCUT2D eigenvalue weighted by atomic mass is 19.3. The zero-order chi connectivity index (χ0) is 10.7.